The fourth-order valence-corrected chi connectivity index (χ4v) is 5.08. The van der Waals surface area contributed by atoms with Crippen LogP contribution in [0.25, 0.3) is 0 Å². The van der Waals surface area contributed by atoms with Crippen LogP contribution in [0.15, 0.2) is 0 Å². The second-order valence-electron chi connectivity index (χ2n) is 8.84. The van der Waals surface area contributed by atoms with Crippen LogP contribution in [-0.2, 0) is 3.07 Å². The minimum absolute atomic E-state index is 0.221. The van der Waals surface area contributed by atoms with Crippen molar-refractivity contribution in [3.8, 4) is 0 Å². The molecule has 161 valence electrons. The minimum atomic E-state index is 0.221. The van der Waals surface area contributed by atoms with E-state index in [4.69, 9.17) is 3.07 Å². The van der Waals surface area contributed by atoms with Crippen molar-refractivity contribution in [1.82, 2.24) is 0 Å². The standard InChI is InChI=1S/C25H51O.Sn/c1-4-7-10-13-16-19-22-25(26,23-20-17-14-11-8-5-2)24-21-18-15-12-9-6-3;/h4-24H2,1-3H3;/q-1;+1. The van der Waals surface area contributed by atoms with Gasteiger partial charge in [-0.1, -0.05) is 0 Å². The Morgan fingerprint density at radius 2 is 0.704 bits per heavy atom. The van der Waals surface area contributed by atoms with Gasteiger partial charge in [0.15, 0.2) is 0 Å². The molecule has 0 amide bonds. The first-order valence-electron chi connectivity index (χ1n) is 12.6. The number of rotatable bonds is 22. The number of hydrogen-bond donors (Lipinski definition) is 0. The quantitative estimate of drug-likeness (QED) is 0.110. The molecule has 0 saturated carbocycles. The summed E-state index contributed by atoms with van der Waals surface area (Å²) in [5.41, 5.74) is 0.221. The molecule has 0 heterocycles. The van der Waals surface area contributed by atoms with Crippen molar-refractivity contribution >= 4 is 22.9 Å². The Morgan fingerprint density at radius 1 is 0.444 bits per heavy atom. The van der Waals surface area contributed by atoms with E-state index in [9.17, 15) is 0 Å². The summed E-state index contributed by atoms with van der Waals surface area (Å²) in [6.45, 7) is 6.92. The second kappa shape index (κ2) is 21.5. The van der Waals surface area contributed by atoms with E-state index in [1.807, 2.05) is 0 Å². The van der Waals surface area contributed by atoms with Gasteiger partial charge in [-0.05, 0) is 0 Å². The molecule has 3 radical (unpaired) electrons. The number of hydrogen-bond acceptors (Lipinski definition) is 1. The third kappa shape index (κ3) is 17.3. The molecule has 0 spiro atoms. The zero-order valence-corrected chi connectivity index (χ0v) is 22.1. The Morgan fingerprint density at radius 3 is 0.963 bits per heavy atom. The first-order chi connectivity index (χ1) is 13.2. The van der Waals surface area contributed by atoms with Gasteiger partial charge >= 0.3 is 187 Å². The average molecular weight is 486 g/mol. The fraction of sp³-hybridized carbons (Fsp3) is 1.00. The summed E-state index contributed by atoms with van der Waals surface area (Å²) < 4.78 is 6.31. The molecule has 0 saturated heterocycles. The number of unbranched alkanes of at least 4 members (excludes halogenated alkanes) is 15. The molecule has 0 rings (SSSR count). The van der Waals surface area contributed by atoms with E-state index < -0.39 is 0 Å². The van der Waals surface area contributed by atoms with Crippen molar-refractivity contribution in [2.75, 3.05) is 0 Å². The molecule has 0 aromatic carbocycles. The van der Waals surface area contributed by atoms with Gasteiger partial charge in [0.1, 0.15) is 0 Å². The molecule has 0 aliphatic carbocycles. The third-order valence-electron chi connectivity index (χ3n) is 6.17. The van der Waals surface area contributed by atoms with Crippen molar-refractivity contribution < 1.29 is 3.07 Å². The van der Waals surface area contributed by atoms with E-state index in [2.05, 4.69) is 20.8 Å². The van der Waals surface area contributed by atoms with Crippen molar-refractivity contribution in [3.05, 3.63) is 0 Å². The normalized spacial score (nSPS) is 12.0. The van der Waals surface area contributed by atoms with Gasteiger partial charge in [-0.15, -0.1) is 0 Å². The first kappa shape index (κ1) is 27.8. The molecule has 27 heavy (non-hydrogen) atoms. The summed E-state index contributed by atoms with van der Waals surface area (Å²) >= 11 is 1.29. The molecule has 1 nitrogen and oxygen atoms in total. The second-order valence-corrected chi connectivity index (χ2v) is 9.42. The molecule has 2 heteroatoms. The van der Waals surface area contributed by atoms with Crippen molar-refractivity contribution in [1.29, 1.82) is 0 Å². The molecular formula is C25H51OSn. The molecule has 0 N–H and O–H groups in total. The van der Waals surface area contributed by atoms with Crippen LogP contribution in [0.1, 0.15) is 156 Å². The van der Waals surface area contributed by atoms with Gasteiger partial charge in [0.05, 0.1) is 0 Å². The molecule has 0 atom stereocenters. The van der Waals surface area contributed by atoms with Gasteiger partial charge < -0.3 is 0 Å². The maximum absolute atomic E-state index is 6.31. The van der Waals surface area contributed by atoms with Gasteiger partial charge in [0.25, 0.3) is 0 Å². The van der Waals surface area contributed by atoms with E-state index in [1.54, 1.807) is 0 Å². The molecular weight excluding hydrogens is 435 g/mol. The zero-order valence-electron chi connectivity index (χ0n) is 19.3. The summed E-state index contributed by atoms with van der Waals surface area (Å²) in [7, 11) is 0. The fourth-order valence-electron chi connectivity index (χ4n) is 4.21. The van der Waals surface area contributed by atoms with E-state index >= 15 is 0 Å². The Balaban J connectivity index is 4.23. The van der Waals surface area contributed by atoms with Crippen molar-refractivity contribution in [2.24, 2.45) is 0 Å². The van der Waals surface area contributed by atoms with E-state index in [0.717, 1.165) is 0 Å². The molecule has 0 aliphatic rings. The Labute approximate surface area is 186 Å². The summed E-state index contributed by atoms with van der Waals surface area (Å²) in [5, 5.41) is 0. The maximum atomic E-state index is 6.31. The SMILES string of the molecule is CCCCCCCCC(CCCCCCCC)(CCCCCCCC)[O][Sn]. The zero-order chi connectivity index (χ0) is 20.1. The monoisotopic (exact) mass is 487 g/mol. The predicted octanol–water partition coefficient (Wildman–Crippen LogP) is 9.08. The average Bonchev–Trinajstić information content (AvgIpc) is 2.69. The summed E-state index contributed by atoms with van der Waals surface area (Å²) in [6.07, 6.45) is 29.2. The van der Waals surface area contributed by atoms with Crippen molar-refractivity contribution in [2.45, 2.75) is 161 Å². The molecule has 0 aliphatic heterocycles. The van der Waals surface area contributed by atoms with E-state index in [-0.39, 0.29) is 5.60 Å². The van der Waals surface area contributed by atoms with Crippen LogP contribution < -0.4 is 0 Å². The van der Waals surface area contributed by atoms with Crippen LogP contribution in [0.2, 0.25) is 0 Å². The molecule has 0 unspecified atom stereocenters. The Bertz CT molecular complexity index is 239. The van der Waals surface area contributed by atoms with Gasteiger partial charge in [0.2, 0.25) is 0 Å². The van der Waals surface area contributed by atoms with Crippen molar-refractivity contribution in [3.63, 3.8) is 0 Å². The Hall–Kier alpha value is 0.759. The van der Waals surface area contributed by atoms with Gasteiger partial charge in [-0.2, -0.15) is 0 Å². The summed E-state index contributed by atoms with van der Waals surface area (Å²) in [4.78, 5) is 0. The van der Waals surface area contributed by atoms with Gasteiger partial charge in [0, 0.05) is 0 Å². The molecule has 0 aromatic heterocycles. The van der Waals surface area contributed by atoms with Gasteiger partial charge in [-0.3, -0.25) is 0 Å². The van der Waals surface area contributed by atoms with Crippen LogP contribution in [0, 0.1) is 0 Å². The molecule has 0 aromatic rings. The molecule has 0 fully saturated rings. The third-order valence-corrected chi connectivity index (χ3v) is 7.41. The summed E-state index contributed by atoms with van der Waals surface area (Å²) in [5.74, 6) is 0. The molecule has 0 bridgehead atoms. The predicted molar refractivity (Wildman–Crippen MR) is 124 cm³/mol. The van der Waals surface area contributed by atoms with Gasteiger partial charge in [-0.25, -0.2) is 0 Å². The Kier molecular flexibility index (Phi) is 22.1. The van der Waals surface area contributed by atoms with Crippen LogP contribution in [0.5, 0.6) is 0 Å². The summed E-state index contributed by atoms with van der Waals surface area (Å²) in [6, 6.07) is 0. The van der Waals surface area contributed by atoms with E-state index in [0.29, 0.717) is 0 Å². The van der Waals surface area contributed by atoms with Crippen LogP contribution in [0.3, 0.4) is 0 Å². The van der Waals surface area contributed by atoms with Crippen LogP contribution >= 0.6 is 0 Å². The van der Waals surface area contributed by atoms with Crippen LogP contribution in [-0.4, -0.2) is 28.5 Å². The topological polar surface area (TPSA) is 9.23 Å². The first-order valence-corrected chi connectivity index (χ1v) is 13.8. The van der Waals surface area contributed by atoms with E-state index in [1.165, 1.54) is 158 Å². The van der Waals surface area contributed by atoms with Crippen LogP contribution in [0.4, 0.5) is 0 Å².